The SMILES string of the molecule is CCSCC(C)Nc1c(C(N)=S)cnc2ccccc12. The molecule has 0 fully saturated rings. The van der Waals surface area contributed by atoms with Crippen molar-refractivity contribution in [2.24, 2.45) is 5.73 Å². The smallest absolute Gasteiger partial charge is 0.107 e. The number of nitrogens with one attached hydrogen (secondary N) is 1. The van der Waals surface area contributed by atoms with Gasteiger partial charge in [0.15, 0.2) is 0 Å². The Hall–Kier alpha value is -1.33. The average molecular weight is 305 g/mol. The Morgan fingerprint density at radius 1 is 1.45 bits per heavy atom. The number of rotatable bonds is 6. The van der Waals surface area contributed by atoms with E-state index in [9.17, 15) is 0 Å². The predicted molar refractivity (Wildman–Crippen MR) is 93.7 cm³/mol. The Kier molecular flexibility index (Phi) is 5.20. The van der Waals surface area contributed by atoms with Gasteiger partial charge in [-0.05, 0) is 18.7 Å². The molecule has 2 aromatic rings. The van der Waals surface area contributed by atoms with Crippen LogP contribution in [0.1, 0.15) is 19.4 Å². The first-order valence-corrected chi connectivity index (χ1v) is 8.21. The van der Waals surface area contributed by atoms with Gasteiger partial charge in [0.05, 0.1) is 16.8 Å². The van der Waals surface area contributed by atoms with Gasteiger partial charge in [0.25, 0.3) is 0 Å². The van der Waals surface area contributed by atoms with Gasteiger partial charge >= 0.3 is 0 Å². The van der Waals surface area contributed by atoms with Crippen LogP contribution in [0.4, 0.5) is 5.69 Å². The molecule has 0 bridgehead atoms. The molecule has 5 heteroatoms. The Bertz CT molecular complexity index is 613. The van der Waals surface area contributed by atoms with Crippen LogP contribution in [-0.2, 0) is 0 Å². The van der Waals surface area contributed by atoms with Gasteiger partial charge < -0.3 is 11.1 Å². The molecular formula is C15H19N3S2. The van der Waals surface area contributed by atoms with E-state index in [4.69, 9.17) is 18.0 Å². The van der Waals surface area contributed by atoms with Crippen molar-refractivity contribution in [1.82, 2.24) is 4.98 Å². The van der Waals surface area contributed by atoms with Crippen LogP contribution in [0.2, 0.25) is 0 Å². The third-order valence-electron chi connectivity index (χ3n) is 3.00. The summed E-state index contributed by atoms with van der Waals surface area (Å²) in [6.45, 7) is 4.33. The molecule has 0 saturated heterocycles. The number of fused-ring (bicyclic) bond motifs is 1. The summed E-state index contributed by atoms with van der Waals surface area (Å²) >= 11 is 7.06. The van der Waals surface area contributed by atoms with Crippen LogP contribution in [0.25, 0.3) is 10.9 Å². The van der Waals surface area contributed by atoms with E-state index in [1.54, 1.807) is 6.20 Å². The molecule has 0 aliphatic heterocycles. The molecule has 3 nitrogen and oxygen atoms in total. The minimum Gasteiger partial charge on any atom is -0.389 e. The molecule has 1 atom stereocenters. The summed E-state index contributed by atoms with van der Waals surface area (Å²) in [5.41, 5.74) is 8.58. The highest BCUT2D eigenvalue weighted by molar-refractivity contribution is 7.99. The fraction of sp³-hybridized carbons (Fsp3) is 0.333. The largest absolute Gasteiger partial charge is 0.389 e. The molecule has 20 heavy (non-hydrogen) atoms. The van der Waals surface area contributed by atoms with E-state index in [1.807, 2.05) is 36.0 Å². The number of para-hydroxylation sites is 1. The number of nitrogens with zero attached hydrogens (tertiary/aromatic N) is 1. The summed E-state index contributed by atoms with van der Waals surface area (Å²) < 4.78 is 0. The summed E-state index contributed by atoms with van der Waals surface area (Å²) in [6.07, 6.45) is 1.76. The fourth-order valence-electron chi connectivity index (χ4n) is 2.07. The molecule has 106 valence electrons. The van der Waals surface area contributed by atoms with Gasteiger partial charge in [-0.3, -0.25) is 4.98 Å². The van der Waals surface area contributed by atoms with Crippen molar-refractivity contribution < 1.29 is 0 Å². The lowest BCUT2D eigenvalue weighted by atomic mass is 10.1. The minimum absolute atomic E-state index is 0.346. The van der Waals surface area contributed by atoms with Gasteiger partial charge in [-0.2, -0.15) is 11.8 Å². The number of hydrogen-bond acceptors (Lipinski definition) is 4. The predicted octanol–water partition coefficient (Wildman–Crippen LogP) is 3.42. The standard InChI is InChI=1S/C15H19N3S2/c1-3-20-9-10(2)18-14-11-6-4-5-7-13(11)17-8-12(14)15(16)19/h4-8,10H,3,9H2,1-2H3,(H2,16,19)(H,17,18). The first-order chi connectivity index (χ1) is 9.63. The lowest BCUT2D eigenvalue weighted by molar-refractivity contribution is 0.914. The van der Waals surface area contributed by atoms with Crippen LogP contribution in [0.3, 0.4) is 0 Å². The molecule has 0 radical (unpaired) electrons. The van der Waals surface area contributed by atoms with E-state index < -0.39 is 0 Å². The van der Waals surface area contributed by atoms with Crippen molar-refractivity contribution in [3.63, 3.8) is 0 Å². The Balaban J connectivity index is 2.41. The summed E-state index contributed by atoms with van der Waals surface area (Å²) in [5.74, 6) is 2.16. The fourth-order valence-corrected chi connectivity index (χ4v) is 2.89. The lowest BCUT2D eigenvalue weighted by Crippen LogP contribution is -2.22. The zero-order chi connectivity index (χ0) is 14.5. The third kappa shape index (κ3) is 3.41. The molecule has 1 heterocycles. The van der Waals surface area contributed by atoms with Crippen molar-refractivity contribution in [3.8, 4) is 0 Å². The zero-order valence-electron chi connectivity index (χ0n) is 11.7. The summed E-state index contributed by atoms with van der Waals surface area (Å²) in [5, 5.41) is 4.60. The lowest BCUT2D eigenvalue weighted by Gasteiger charge is -2.19. The van der Waals surface area contributed by atoms with Gasteiger partial charge in [0.2, 0.25) is 0 Å². The topological polar surface area (TPSA) is 50.9 Å². The second-order valence-electron chi connectivity index (χ2n) is 4.63. The van der Waals surface area contributed by atoms with E-state index in [2.05, 4.69) is 24.1 Å². The van der Waals surface area contributed by atoms with Crippen LogP contribution in [0.15, 0.2) is 30.5 Å². The van der Waals surface area contributed by atoms with Crippen LogP contribution in [0, 0.1) is 0 Å². The van der Waals surface area contributed by atoms with Crippen LogP contribution < -0.4 is 11.1 Å². The second kappa shape index (κ2) is 6.90. The number of benzene rings is 1. The van der Waals surface area contributed by atoms with Gasteiger partial charge in [0.1, 0.15) is 4.99 Å². The van der Waals surface area contributed by atoms with Crippen LogP contribution in [0.5, 0.6) is 0 Å². The molecule has 0 saturated carbocycles. The number of pyridine rings is 1. The number of nitrogens with two attached hydrogens (primary N) is 1. The number of hydrogen-bond donors (Lipinski definition) is 2. The zero-order valence-corrected chi connectivity index (χ0v) is 13.4. The Labute approximate surface area is 129 Å². The maximum Gasteiger partial charge on any atom is 0.107 e. The number of thioether (sulfide) groups is 1. The van der Waals surface area contributed by atoms with Crippen molar-refractivity contribution in [3.05, 3.63) is 36.0 Å². The van der Waals surface area contributed by atoms with Crippen LogP contribution >= 0.6 is 24.0 Å². The molecule has 0 spiro atoms. The van der Waals surface area contributed by atoms with Crippen molar-refractivity contribution in [2.75, 3.05) is 16.8 Å². The number of anilines is 1. The molecule has 0 amide bonds. The highest BCUT2D eigenvalue weighted by Crippen LogP contribution is 2.27. The molecule has 1 aromatic carbocycles. The number of thiocarbonyl (C=S) groups is 1. The van der Waals surface area contributed by atoms with Gasteiger partial charge in [-0.25, -0.2) is 0 Å². The van der Waals surface area contributed by atoms with Crippen LogP contribution in [-0.4, -0.2) is 27.5 Å². The van der Waals surface area contributed by atoms with Crippen molar-refractivity contribution >= 4 is 45.6 Å². The second-order valence-corrected chi connectivity index (χ2v) is 6.39. The highest BCUT2D eigenvalue weighted by atomic mass is 32.2. The maximum absolute atomic E-state index is 5.83. The molecule has 0 aliphatic rings. The first-order valence-electron chi connectivity index (χ1n) is 6.65. The molecule has 0 aliphatic carbocycles. The van der Waals surface area contributed by atoms with E-state index in [-0.39, 0.29) is 0 Å². The third-order valence-corrected chi connectivity index (χ3v) is 4.37. The molecule has 1 unspecified atom stereocenters. The summed E-state index contributed by atoms with van der Waals surface area (Å²) in [4.78, 5) is 4.80. The van der Waals surface area contributed by atoms with Crippen molar-refractivity contribution in [1.29, 1.82) is 0 Å². The molecule has 3 N–H and O–H groups in total. The first kappa shape index (κ1) is 15.1. The number of aromatic nitrogens is 1. The highest BCUT2D eigenvalue weighted by Gasteiger charge is 2.13. The minimum atomic E-state index is 0.346. The Morgan fingerprint density at radius 3 is 2.90 bits per heavy atom. The van der Waals surface area contributed by atoms with Gasteiger partial charge in [-0.15, -0.1) is 0 Å². The molecule has 2 rings (SSSR count). The van der Waals surface area contributed by atoms with E-state index >= 15 is 0 Å². The normalized spacial score (nSPS) is 12.3. The average Bonchev–Trinajstić information content (AvgIpc) is 2.45. The quantitative estimate of drug-likeness (QED) is 0.801. The summed E-state index contributed by atoms with van der Waals surface area (Å²) in [7, 11) is 0. The Morgan fingerprint density at radius 2 is 2.20 bits per heavy atom. The van der Waals surface area contributed by atoms with E-state index in [0.717, 1.165) is 33.7 Å². The van der Waals surface area contributed by atoms with Gasteiger partial charge in [-0.1, -0.05) is 37.3 Å². The molecular weight excluding hydrogens is 286 g/mol. The monoisotopic (exact) mass is 305 g/mol. The van der Waals surface area contributed by atoms with E-state index in [0.29, 0.717) is 11.0 Å². The summed E-state index contributed by atoms with van der Waals surface area (Å²) in [6, 6.07) is 8.38. The molecule has 1 aromatic heterocycles. The van der Waals surface area contributed by atoms with Gasteiger partial charge in [0, 0.05) is 23.4 Å². The maximum atomic E-state index is 5.83. The van der Waals surface area contributed by atoms with E-state index in [1.165, 1.54) is 0 Å². The van der Waals surface area contributed by atoms with Crippen molar-refractivity contribution in [2.45, 2.75) is 19.9 Å².